The first-order valence-corrected chi connectivity index (χ1v) is 3.40. The van der Waals surface area contributed by atoms with Crippen LogP contribution in [0.25, 0.3) is 5.65 Å². The Balaban J connectivity index is 3.02. The van der Waals surface area contributed by atoms with Crippen LogP contribution in [0.1, 0.15) is 0 Å². The Kier molecular flexibility index (Phi) is 1.25. The van der Waals surface area contributed by atoms with Crippen LogP contribution in [0.15, 0.2) is 18.5 Å². The molecule has 56 valence electrons. The van der Waals surface area contributed by atoms with Gasteiger partial charge in [-0.15, -0.1) is 0 Å². The third kappa shape index (κ3) is 0.932. The average Bonchev–Trinajstić information content (AvgIpc) is 2.34. The van der Waals surface area contributed by atoms with Gasteiger partial charge in [-0.3, -0.25) is 5.10 Å². The first-order valence-electron chi connectivity index (χ1n) is 2.99. The smallest absolute Gasteiger partial charge is 0.188 e. The van der Waals surface area contributed by atoms with Crippen LogP contribution in [0.5, 0.6) is 0 Å². The Labute approximate surface area is 66.5 Å². The summed E-state index contributed by atoms with van der Waals surface area (Å²) < 4.78 is 14.7. The maximum Gasteiger partial charge on any atom is 0.188 e. The maximum absolute atomic E-state index is 12.9. The first-order chi connectivity index (χ1) is 5.27. The largest absolute Gasteiger partial charge is 0.282 e. The molecular weight excluding hydrogens is 165 g/mol. The van der Waals surface area contributed by atoms with E-state index in [-0.39, 0.29) is 5.65 Å². The number of nitrogens with one attached hydrogen (secondary N) is 1. The molecular formula is C6H4FN3S. The Morgan fingerprint density at radius 1 is 1.64 bits per heavy atom. The predicted molar refractivity (Wildman–Crippen MR) is 40.3 cm³/mol. The number of aromatic amines is 1. The number of aromatic nitrogens is 3. The molecule has 0 aliphatic rings. The second-order valence-electron chi connectivity index (χ2n) is 2.09. The van der Waals surface area contributed by atoms with Gasteiger partial charge < -0.3 is 0 Å². The summed E-state index contributed by atoms with van der Waals surface area (Å²) in [6, 6.07) is 1.23. The van der Waals surface area contributed by atoms with Gasteiger partial charge in [-0.05, 0) is 0 Å². The minimum absolute atomic E-state index is 0.263. The lowest BCUT2D eigenvalue weighted by atomic mass is 10.5. The van der Waals surface area contributed by atoms with Gasteiger partial charge in [0.1, 0.15) is 4.64 Å². The molecule has 0 aliphatic carbocycles. The molecule has 0 saturated heterocycles. The van der Waals surface area contributed by atoms with E-state index in [9.17, 15) is 4.39 Å². The SMILES string of the molecule is Fc1cc(=S)[nH]n2ccnc12. The monoisotopic (exact) mass is 169 g/mol. The topological polar surface area (TPSA) is 33.1 Å². The zero-order valence-corrected chi connectivity index (χ0v) is 6.23. The van der Waals surface area contributed by atoms with Crippen LogP contribution in [0.2, 0.25) is 0 Å². The second-order valence-corrected chi connectivity index (χ2v) is 2.53. The van der Waals surface area contributed by atoms with Gasteiger partial charge in [-0.2, -0.15) is 0 Å². The quantitative estimate of drug-likeness (QED) is 0.607. The van der Waals surface area contributed by atoms with Crippen molar-refractivity contribution in [2.75, 3.05) is 0 Å². The molecule has 2 heterocycles. The lowest BCUT2D eigenvalue weighted by Gasteiger charge is -1.93. The molecule has 0 saturated carbocycles. The van der Waals surface area contributed by atoms with Crippen molar-refractivity contribution in [3.05, 3.63) is 28.9 Å². The summed E-state index contributed by atoms with van der Waals surface area (Å²) in [4.78, 5) is 3.77. The third-order valence-corrected chi connectivity index (χ3v) is 1.55. The van der Waals surface area contributed by atoms with E-state index in [1.165, 1.54) is 16.8 Å². The fraction of sp³-hybridized carbons (Fsp3) is 0. The number of fused-ring (bicyclic) bond motifs is 1. The molecule has 1 N–H and O–H groups in total. The second kappa shape index (κ2) is 2.13. The van der Waals surface area contributed by atoms with Gasteiger partial charge in [-0.1, -0.05) is 12.2 Å². The van der Waals surface area contributed by atoms with E-state index >= 15 is 0 Å². The molecule has 0 spiro atoms. The van der Waals surface area contributed by atoms with Gasteiger partial charge in [0, 0.05) is 18.5 Å². The van der Waals surface area contributed by atoms with E-state index in [2.05, 4.69) is 10.1 Å². The molecule has 2 rings (SSSR count). The average molecular weight is 169 g/mol. The Morgan fingerprint density at radius 3 is 3.27 bits per heavy atom. The first kappa shape index (κ1) is 6.48. The van der Waals surface area contributed by atoms with Gasteiger partial charge in [0.05, 0.1) is 0 Å². The minimum atomic E-state index is -0.404. The molecule has 0 aliphatic heterocycles. The van der Waals surface area contributed by atoms with Crippen LogP contribution >= 0.6 is 12.2 Å². The summed E-state index contributed by atoms with van der Waals surface area (Å²) in [6.07, 6.45) is 3.11. The van der Waals surface area contributed by atoms with E-state index in [0.29, 0.717) is 4.64 Å². The van der Waals surface area contributed by atoms with Crippen LogP contribution in [0, 0.1) is 10.5 Å². The Hall–Kier alpha value is -1.23. The van der Waals surface area contributed by atoms with Crippen LogP contribution in [0.4, 0.5) is 4.39 Å². The fourth-order valence-corrected chi connectivity index (χ4v) is 1.10. The molecule has 0 bridgehead atoms. The molecule has 0 atom stereocenters. The number of nitrogens with zero attached hydrogens (tertiary/aromatic N) is 2. The zero-order valence-electron chi connectivity index (χ0n) is 5.41. The van der Waals surface area contributed by atoms with Crippen LogP contribution in [-0.2, 0) is 0 Å². The highest BCUT2D eigenvalue weighted by molar-refractivity contribution is 7.71. The van der Waals surface area contributed by atoms with E-state index < -0.39 is 5.82 Å². The summed E-state index contributed by atoms with van der Waals surface area (Å²) in [7, 11) is 0. The van der Waals surface area contributed by atoms with Crippen molar-refractivity contribution in [3.8, 4) is 0 Å². The molecule has 0 aromatic carbocycles. The van der Waals surface area contributed by atoms with Crippen molar-refractivity contribution in [3.63, 3.8) is 0 Å². The normalized spacial score (nSPS) is 10.6. The summed E-state index contributed by atoms with van der Waals surface area (Å²) in [5, 5.41) is 2.74. The summed E-state index contributed by atoms with van der Waals surface area (Å²) in [5.74, 6) is -0.404. The maximum atomic E-state index is 12.9. The highest BCUT2D eigenvalue weighted by Crippen LogP contribution is 2.03. The van der Waals surface area contributed by atoms with Crippen molar-refractivity contribution in [1.82, 2.24) is 14.6 Å². The molecule has 2 aromatic rings. The summed E-state index contributed by atoms with van der Waals surface area (Å²) >= 11 is 4.75. The van der Waals surface area contributed by atoms with E-state index in [0.717, 1.165) is 0 Å². The van der Waals surface area contributed by atoms with Gasteiger partial charge >= 0.3 is 0 Å². The van der Waals surface area contributed by atoms with Crippen LogP contribution < -0.4 is 0 Å². The van der Waals surface area contributed by atoms with Crippen molar-refractivity contribution in [1.29, 1.82) is 0 Å². The van der Waals surface area contributed by atoms with Crippen LogP contribution in [0.3, 0.4) is 0 Å². The molecule has 0 fully saturated rings. The van der Waals surface area contributed by atoms with Gasteiger partial charge in [0.25, 0.3) is 0 Å². The third-order valence-electron chi connectivity index (χ3n) is 1.34. The lowest BCUT2D eigenvalue weighted by Crippen LogP contribution is -1.93. The van der Waals surface area contributed by atoms with Crippen molar-refractivity contribution in [2.45, 2.75) is 0 Å². The number of imidazole rings is 1. The number of hydrogen-bond donors (Lipinski definition) is 1. The molecule has 5 heteroatoms. The number of hydrogen-bond acceptors (Lipinski definition) is 2. The Morgan fingerprint density at radius 2 is 2.45 bits per heavy atom. The van der Waals surface area contributed by atoms with E-state index in [1.54, 1.807) is 6.20 Å². The lowest BCUT2D eigenvalue weighted by molar-refractivity contribution is 0.621. The molecule has 3 nitrogen and oxygen atoms in total. The summed E-state index contributed by atoms with van der Waals surface area (Å²) in [6.45, 7) is 0. The Bertz CT molecular complexity index is 444. The van der Waals surface area contributed by atoms with E-state index in [1.807, 2.05) is 0 Å². The molecule has 0 radical (unpaired) electrons. The van der Waals surface area contributed by atoms with Crippen molar-refractivity contribution in [2.24, 2.45) is 0 Å². The highest BCUT2D eigenvalue weighted by Gasteiger charge is 1.99. The van der Waals surface area contributed by atoms with Crippen molar-refractivity contribution < 1.29 is 4.39 Å². The standard InChI is InChI=1S/C6H4FN3S/c7-4-3-5(11)9-10-2-1-8-6(4)10/h1-3H,(H,9,11). The molecule has 0 amide bonds. The van der Waals surface area contributed by atoms with Gasteiger partial charge in [0.2, 0.25) is 0 Å². The van der Waals surface area contributed by atoms with Crippen molar-refractivity contribution >= 4 is 17.9 Å². The van der Waals surface area contributed by atoms with Gasteiger partial charge in [-0.25, -0.2) is 13.9 Å². The highest BCUT2D eigenvalue weighted by atomic mass is 32.1. The van der Waals surface area contributed by atoms with Crippen LogP contribution in [-0.4, -0.2) is 14.6 Å². The minimum Gasteiger partial charge on any atom is -0.282 e. The number of rotatable bonds is 0. The number of H-pyrrole nitrogens is 1. The van der Waals surface area contributed by atoms with E-state index in [4.69, 9.17) is 12.2 Å². The zero-order chi connectivity index (χ0) is 7.84. The number of halogens is 1. The predicted octanol–water partition coefficient (Wildman–Crippen LogP) is 1.53. The molecule has 11 heavy (non-hydrogen) atoms. The molecule has 0 unspecified atom stereocenters. The summed E-state index contributed by atoms with van der Waals surface area (Å²) in [5.41, 5.74) is 0.263. The van der Waals surface area contributed by atoms with Gasteiger partial charge in [0.15, 0.2) is 11.5 Å². The molecule has 2 aromatic heterocycles. The fourth-order valence-electron chi connectivity index (χ4n) is 0.901.